The molecule has 0 radical (unpaired) electrons. The molecule has 0 fully saturated rings. The molecule has 1 aromatic carbocycles. The van der Waals surface area contributed by atoms with Crippen LogP contribution < -0.4 is 9.47 Å². The topological polar surface area (TPSA) is 64.8 Å². The van der Waals surface area contributed by atoms with Gasteiger partial charge >= 0.3 is 0 Å². The van der Waals surface area contributed by atoms with E-state index < -0.39 is 0 Å². The van der Waals surface area contributed by atoms with Crippen LogP contribution in [0.4, 0.5) is 0 Å². The van der Waals surface area contributed by atoms with Crippen LogP contribution in [0.3, 0.4) is 0 Å². The Hall–Kier alpha value is -2.50. The summed E-state index contributed by atoms with van der Waals surface area (Å²) in [7, 11) is 3.31. The van der Waals surface area contributed by atoms with Crippen LogP contribution in [0.5, 0.6) is 11.5 Å². The summed E-state index contributed by atoms with van der Waals surface area (Å²) in [6.07, 6.45) is 0. The molecule has 0 unspecified atom stereocenters. The number of amides is 1. The van der Waals surface area contributed by atoms with Gasteiger partial charge in [0.05, 0.1) is 7.11 Å². The third-order valence-corrected chi connectivity index (χ3v) is 3.31. The minimum atomic E-state index is -0.178. The first-order chi connectivity index (χ1) is 10.5. The third kappa shape index (κ3) is 3.58. The van der Waals surface area contributed by atoms with Crippen LogP contribution in [0.2, 0.25) is 0 Å². The maximum absolute atomic E-state index is 12.1. The molecule has 118 valence electrons. The van der Waals surface area contributed by atoms with E-state index in [-0.39, 0.29) is 24.2 Å². The number of carbonyl (C=O) groups is 1. The number of hydrogen-bond acceptors (Lipinski definition) is 5. The van der Waals surface area contributed by atoms with Crippen LogP contribution in [0, 0.1) is 0 Å². The minimum absolute atomic E-state index is 0.0949. The Kier molecular flexibility index (Phi) is 5.04. The van der Waals surface area contributed by atoms with E-state index in [2.05, 4.69) is 5.16 Å². The maximum Gasteiger partial charge on any atom is 0.276 e. The lowest BCUT2D eigenvalue weighted by Crippen LogP contribution is -2.33. The van der Waals surface area contributed by atoms with Gasteiger partial charge in [0.1, 0.15) is 6.61 Å². The molecule has 2 aromatic rings. The number of hydrogen-bond donors (Lipinski definition) is 0. The van der Waals surface area contributed by atoms with Gasteiger partial charge in [-0.15, -0.1) is 0 Å². The van der Waals surface area contributed by atoms with Gasteiger partial charge in [0.2, 0.25) is 0 Å². The molecule has 6 nitrogen and oxygen atoms in total. The summed E-state index contributed by atoms with van der Waals surface area (Å²) >= 11 is 0. The number of methoxy groups -OCH3 is 1. The highest BCUT2D eigenvalue weighted by Crippen LogP contribution is 2.26. The average molecular weight is 304 g/mol. The van der Waals surface area contributed by atoms with Gasteiger partial charge in [-0.3, -0.25) is 4.79 Å². The van der Waals surface area contributed by atoms with Crippen molar-refractivity contribution in [2.24, 2.45) is 0 Å². The van der Waals surface area contributed by atoms with E-state index in [1.165, 1.54) is 0 Å². The third-order valence-electron chi connectivity index (χ3n) is 3.31. The highest BCUT2D eigenvalue weighted by Gasteiger charge is 2.19. The summed E-state index contributed by atoms with van der Waals surface area (Å²) in [5, 5.41) is 3.80. The fourth-order valence-corrected chi connectivity index (χ4v) is 1.78. The zero-order valence-corrected chi connectivity index (χ0v) is 13.2. The summed E-state index contributed by atoms with van der Waals surface area (Å²) in [6, 6.07) is 9.01. The van der Waals surface area contributed by atoms with Gasteiger partial charge in [-0.2, -0.15) is 0 Å². The number of aromatic nitrogens is 1. The lowest BCUT2D eigenvalue weighted by molar-refractivity contribution is 0.0744. The standard InChI is InChI=1S/C16H20N2O4/c1-11(2)18(3)16(19)13-9-12(22-17-13)10-21-15-8-6-5-7-14(15)20-4/h5-9,11H,10H2,1-4H3. The van der Waals surface area contributed by atoms with Crippen molar-refractivity contribution in [1.82, 2.24) is 10.1 Å². The van der Waals surface area contributed by atoms with Gasteiger partial charge in [-0.05, 0) is 26.0 Å². The van der Waals surface area contributed by atoms with Crippen molar-refractivity contribution in [3.05, 3.63) is 41.8 Å². The molecule has 0 aliphatic heterocycles. The molecular weight excluding hydrogens is 284 g/mol. The number of rotatable bonds is 6. The van der Waals surface area contributed by atoms with Gasteiger partial charge in [0, 0.05) is 19.2 Å². The van der Waals surface area contributed by atoms with E-state index in [0.717, 1.165) is 0 Å². The van der Waals surface area contributed by atoms with Crippen LogP contribution in [0.25, 0.3) is 0 Å². The van der Waals surface area contributed by atoms with Crippen LogP contribution in [0.15, 0.2) is 34.9 Å². The predicted molar refractivity (Wildman–Crippen MR) is 81.1 cm³/mol. The number of nitrogens with zero attached hydrogens (tertiary/aromatic N) is 2. The lowest BCUT2D eigenvalue weighted by atomic mass is 10.3. The van der Waals surface area contributed by atoms with Gasteiger partial charge in [-0.25, -0.2) is 0 Å². The molecule has 0 aliphatic carbocycles. The summed E-state index contributed by atoms with van der Waals surface area (Å²) in [6.45, 7) is 4.04. The van der Waals surface area contributed by atoms with Crippen molar-refractivity contribution >= 4 is 5.91 Å². The molecule has 0 aliphatic rings. The van der Waals surface area contributed by atoms with Crippen molar-refractivity contribution in [2.45, 2.75) is 26.5 Å². The van der Waals surface area contributed by atoms with E-state index in [1.54, 1.807) is 31.2 Å². The van der Waals surface area contributed by atoms with Crippen molar-refractivity contribution < 1.29 is 18.8 Å². The summed E-state index contributed by atoms with van der Waals surface area (Å²) in [5.74, 6) is 1.54. The molecule has 1 amide bonds. The molecule has 1 heterocycles. The zero-order valence-electron chi connectivity index (χ0n) is 13.2. The predicted octanol–water partition coefficient (Wildman–Crippen LogP) is 2.74. The smallest absolute Gasteiger partial charge is 0.276 e. The Morgan fingerprint density at radius 1 is 1.32 bits per heavy atom. The number of carbonyl (C=O) groups excluding carboxylic acids is 1. The van der Waals surface area contributed by atoms with E-state index in [1.807, 2.05) is 32.0 Å². The lowest BCUT2D eigenvalue weighted by Gasteiger charge is -2.19. The van der Waals surface area contributed by atoms with Gasteiger partial charge in [-0.1, -0.05) is 17.3 Å². The zero-order chi connectivity index (χ0) is 16.1. The quantitative estimate of drug-likeness (QED) is 0.821. The van der Waals surface area contributed by atoms with Crippen LogP contribution in [-0.4, -0.2) is 36.2 Å². The molecule has 22 heavy (non-hydrogen) atoms. The molecule has 0 atom stereocenters. The van der Waals surface area contributed by atoms with Crippen LogP contribution >= 0.6 is 0 Å². The number of para-hydroxylation sites is 2. The first-order valence-corrected chi connectivity index (χ1v) is 7.01. The summed E-state index contributed by atoms with van der Waals surface area (Å²) in [5.41, 5.74) is 0.273. The summed E-state index contributed by atoms with van der Waals surface area (Å²) in [4.78, 5) is 13.7. The second kappa shape index (κ2) is 6.98. The Morgan fingerprint density at radius 2 is 2.00 bits per heavy atom. The molecule has 2 rings (SSSR count). The highest BCUT2D eigenvalue weighted by molar-refractivity contribution is 5.92. The van der Waals surface area contributed by atoms with E-state index in [0.29, 0.717) is 17.3 Å². The first kappa shape index (κ1) is 15.9. The molecule has 1 aromatic heterocycles. The molecular formula is C16H20N2O4. The van der Waals surface area contributed by atoms with E-state index in [9.17, 15) is 4.79 Å². The molecule has 6 heteroatoms. The Bertz CT molecular complexity index is 637. The molecule has 0 saturated heterocycles. The SMILES string of the molecule is COc1ccccc1OCc1cc(C(=O)N(C)C(C)C)no1. The van der Waals surface area contributed by atoms with Crippen LogP contribution in [0.1, 0.15) is 30.1 Å². The monoisotopic (exact) mass is 304 g/mol. The van der Waals surface area contributed by atoms with Crippen molar-refractivity contribution in [3.63, 3.8) is 0 Å². The molecule has 0 N–H and O–H groups in total. The van der Waals surface area contributed by atoms with E-state index >= 15 is 0 Å². The minimum Gasteiger partial charge on any atom is -0.493 e. The average Bonchev–Trinajstić information content (AvgIpc) is 3.00. The van der Waals surface area contributed by atoms with Gasteiger partial charge in [0.15, 0.2) is 23.0 Å². The van der Waals surface area contributed by atoms with Crippen molar-refractivity contribution in [3.8, 4) is 11.5 Å². The number of ether oxygens (including phenoxy) is 2. The molecule has 0 spiro atoms. The van der Waals surface area contributed by atoms with Crippen molar-refractivity contribution in [2.75, 3.05) is 14.2 Å². The Morgan fingerprint density at radius 3 is 2.64 bits per heavy atom. The van der Waals surface area contributed by atoms with Gasteiger partial charge in [0.25, 0.3) is 5.91 Å². The highest BCUT2D eigenvalue weighted by atomic mass is 16.5. The normalized spacial score (nSPS) is 10.6. The van der Waals surface area contributed by atoms with Crippen LogP contribution in [-0.2, 0) is 6.61 Å². The fraction of sp³-hybridized carbons (Fsp3) is 0.375. The second-order valence-electron chi connectivity index (χ2n) is 5.13. The second-order valence-corrected chi connectivity index (χ2v) is 5.13. The Labute approximate surface area is 129 Å². The van der Waals surface area contributed by atoms with Gasteiger partial charge < -0.3 is 18.9 Å². The van der Waals surface area contributed by atoms with E-state index in [4.69, 9.17) is 14.0 Å². The Balaban J connectivity index is 2.02. The maximum atomic E-state index is 12.1. The molecule has 0 bridgehead atoms. The first-order valence-electron chi connectivity index (χ1n) is 7.01. The largest absolute Gasteiger partial charge is 0.493 e. The summed E-state index contributed by atoms with van der Waals surface area (Å²) < 4.78 is 16.0. The number of benzene rings is 1. The van der Waals surface area contributed by atoms with Crippen molar-refractivity contribution in [1.29, 1.82) is 0 Å². The molecule has 0 saturated carbocycles. The fourth-order valence-electron chi connectivity index (χ4n) is 1.78.